The lowest BCUT2D eigenvalue weighted by Gasteiger charge is -2.26. The zero-order chi connectivity index (χ0) is 15.5. The maximum Gasteiger partial charge on any atom is 0.125 e. The van der Waals surface area contributed by atoms with E-state index in [1.807, 2.05) is 19.1 Å². The minimum absolute atomic E-state index is 0.619. The van der Waals surface area contributed by atoms with E-state index in [4.69, 9.17) is 4.74 Å². The van der Waals surface area contributed by atoms with Gasteiger partial charge in [-0.25, -0.2) is 0 Å². The molecule has 120 valence electrons. The highest BCUT2D eigenvalue weighted by Gasteiger charge is 2.24. The summed E-state index contributed by atoms with van der Waals surface area (Å²) in [5.74, 6) is 1.64. The topological polar surface area (TPSA) is 36.9 Å². The standard InChI is InChI=1S/C18H27N3O/c1-19-16-11-14(15-9-10-21(2)20-15)12-17(22-3)18(16)13-7-5-4-6-8-13/h11-13,19H,4-10H2,1-3H3. The summed E-state index contributed by atoms with van der Waals surface area (Å²) < 4.78 is 5.76. The number of hydrogen-bond acceptors (Lipinski definition) is 4. The molecule has 2 aliphatic rings. The van der Waals surface area contributed by atoms with E-state index in [9.17, 15) is 0 Å². The molecule has 0 amide bonds. The Hall–Kier alpha value is -1.71. The third-order valence-electron chi connectivity index (χ3n) is 4.94. The number of nitrogens with zero attached hydrogens (tertiary/aromatic N) is 2. The van der Waals surface area contributed by atoms with Crippen LogP contribution in [0.4, 0.5) is 5.69 Å². The van der Waals surface area contributed by atoms with Crippen molar-refractivity contribution in [3.8, 4) is 5.75 Å². The molecular formula is C18H27N3O. The molecule has 1 aliphatic heterocycles. The number of hydrazone groups is 1. The number of ether oxygens (including phenoxy) is 1. The quantitative estimate of drug-likeness (QED) is 0.918. The summed E-state index contributed by atoms with van der Waals surface area (Å²) in [6, 6.07) is 4.44. The minimum atomic E-state index is 0.619. The molecule has 0 atom stereocenters. The Morgan fingerprint density at radius 1 is 1.23 bits per heavy atom. The van der Waals surface area contributed by atoms with Gasteiger partial charge in [0.2, 0.25) is 0 Å². The van der Waals surface area contributed by atoms with Gasteiger partial charge in [-0.05, 0) is 30.9 Å². The fourth-order valence-corrected chi connectivity index (χ4v) is 3.76. The lowest BCUT2D eigenvalue weighted by atomic mass is 9.82. The molecule has 1 saturated carbocycles. The number of methoxy groups -OCH3 is 1. The average Bonchev–Trinajstić information content (AvgIpc) is 3.00. The van der Waals surface area contributed by atoms with Crippen LogP contribution in [0.5, 0.6) is 5.75 Å². The van der Waals surface area contributed by atoms with E-state index in [1.165, 1.54) is 48.9 Å². The largest absolute Gasteiger partial charge is 0.496 e. The minimum Gasteiger partial charge on any atom is -0.496 e. The second-order valence-corrected chi connectivity index (χ2v) is 6.40. The van der Waals surface area contributed by atoms with Crippen LogP contribution in [0, 0.1) is 0 Å². The van der Waals surface area contributed by atoms with Gasteiger partial charge in [-0.3, -0.25) is 5.01 Å². The first kappa shape index (κ1) is 15.2. The Bertz CT molecular complexity index is 536. The fraction of sp³-hybridized carbons (Fsp3) is 0.611. The Balaban J connectivity index is 2.01. The first-order valence-electron chi connectivity index (χ1n) is 8.41. The molecule has 22 heavy (non-hydrogen) atoms. The van der Waals surface area contributed by atoms with Crippen LogP contribution in [0.2, 0.25) is 0 Å². The first-order valence-corrected chi connectivity index (χ1v) is 8.41. The van der Waals surface area contributed by atoms with Gasteiger partial charge in [0.15, 0.2) is 0 Å². The molecule has 0 bridgehead atoms. The Kier molecular flexibility index (Phi) is 4.55. The number of nitrogens with one attached hydrogen (secondary N) is 1. The lowest BCUT2D eigenvalue weighted by molar-refractivity contribution is 0.387. The summed E-state index contributed by atoms with van der Waals surface area (Å²) in [6.07, 6.45) is 7.58. The van der Waals surface area contributed by atoms with Crippen LogP contribution in [0.15, 0.2) is 17.2 Å². The molecule has 4 nitrogen and oxygen atoms in total. The summed E-state index contributed by atoms with van der Waals surface area (Å²) in [6.45, 7) is 0.997. The van der Waals surface area contributed by atoms with Crippen LogP contribution in [0.3, 0.4) is 0 Å². The van der Waals surface area contributed by atoms with E-state index in [0.717, 1.165) is 24.4 Å². The van der Waals surface area contributed by atoms with Crippen LogP contribution in [-0.2, 0) is 0 Å². The van der Waals surface area contributed by atoms with E-state index in [-0.39, 0.29) is 0 Å². The number of hydrogen-bond donors (Lipinski definition) is 1. The van der Waals surface area contributed by atoms with E-state index in [1.54, 1.807) is 7.11 Å². The Morgan fingerprint density at radius 2 is 2.00 bits per heavy atom. The van der Waals surface area contributed by atoms with Crippen LogP contribution >= 0.6 is 0 Å². The van der Waals surface area contributed by atoms with Crippen LogP contribution in [0.1, 0.15) is 55.6 Å². The van der Waals surface area contributed by atoms with E-state index in [0.29, 0.717) is 5.92 Å². The predicted molar refractivity (Wildman–Crippen MR) is 92.2 cm³/mol. The molecule has 4 heteroatoms. The van der Waals surface area contributed by atoms with Crippen molar-refractivity contribution in [2.75, 3.05) is 33.1 Å². The molecule has 3 rings (SSSR count). The molecule has 0 aromatic heterocycles. The van der Waals surface area contributed by atoms with Crippen molar-refractivity contribution >= 4 is 11.4 Å². The molecule has 1 fully saturated rings. The van der Waals surface area contributed by atoms with Crippen molar-refractivity contribution in [3.63, 3.8) is 0 Å². The molecule has 1 heterocycles. The number of rotatable bonds is 4. The Labute approximate surface area is 133 Å². The van der Waals surface area contributed by atoms with Crippen molar-refractivity contribution in [2.45, 2.75) is 44.4 Å². The van der Waals surface area contributed by atoms with Gasteiger partial charge in [0.05, 0.1) is 12.8 Å². The van der Waals surface area contributed by atoms with Gasteiger partial charge in [0.1, 0.15) is 5.75 Å². The summed E-state index contributed by atoms with van der Waals surface area (Å²) in [5.41, 5.74) is 4.91. The molecule has 1 aromatic rings. The van der Waals surface area contributed by atoms with Crippen LogP contribution < -0.4 is 10.1 Å². The van der Waals surface area contributed by atoms with Gasteiger partial charge in [0, 0.05) is 43.9 Å². The van der Waals surface area contributed by atoms with Gasteiger partial charge in [-0.2, -0.15) is 5.10 Å². The highest BCUT2D eigenvalue weighted by molar-refractivity contribution is 6.02. The van der Waals surface area contributed by atoms with Crippen molar-refractivity contribution in [2.24, 2.45) is 5.10 Å². The summed E-state index contributed by atoms with van der Waals surface area (Å²) >= 11 is 0. The van der Waals surface area contributed by atoms with Crippen molar-refractivity contribution < 1.29 is 4.74 Å². The smallest absolute Gasteiger partial charge is 0.125 e. The Morgan fingerprint density at radius 3 is 2.59 bits per heavy atom. The third kappa shape index (κ3) is 2.92. The summed E-state index contributed by atoms with van der Waals surface area (Å²) in [7, 11) is 5.82. The van der Waals surface area contributed by atoms with E-state index in [2.05, 4.69) is 22.6 Å². The second-order valence-electron chi connectivity index (χ2n) is 6.40. The molecule has 1 N–H and O–H groups in total. The maximum atomic E-state index is 5.76. The van der Waals surface area contributed by atoms with Crippen molar-refractivity contribution in [1.82, 2.24) is 5.01 Å². The maximum absolute atomic E-state index is 5.76. The van der Waals surface area contributed by atoms with Gasteiger partial charge in [0.25, 0.3) is 0 Å². The normalized spacial score (nSPS) is 19.2. The number of anilines is 1. The van der Waals surface area contributed by atoms with E-state index < -0.39 is 0 Å². The monoisotopic (exact) mass is 301 g/mol. The van der Waals surface area contributed by atoms with Crippen LogP contribution in [0.25, 0.3) is 0 Å². The van der Waals surface area contributed by atoms with Gasteiger partial charge >= 0.3 is 0 Å². The molecule has 1 aromatic carbocycles. The molecule has 0 unspecified atom stereocenters. The average molecular weight is 301 g/mol. The van der Waals surface area contributed by atoms with Crippen LogP contribution in [-0.4, -0.2) is 38.5 Å². The highest BCUT2D eigenvalue weighted by Crippen LogP contribution is 2.42. The summed E-state index contributed by atoms with van der Waals surface area (Å²) in [5, 5.41) is 10.0. The van der Waals surface area contributed by atoms with E-state index >= 15 is 0 Å². The van der Waals surface area contributed by atoms with Gasteiger partial charge in [-0.1, -0.05) is 19.3 Å². The van der Waals surface area contributed by atoms with Gasteiger partial charge in [-0.15, -0.1) is 0 Å². The number of benzene rings is 1. The molecule has 0 saturated heterocycles. The molecule has 1 aliphatic carbocycles. The molecular weight excluding hydrogens is 274 g/mol. The van der Waals surface area contributed by atoms with Gasteiger partial charge < -0.3 is 10.1 Å². The predicted octanol–water partition coefficient (Wildman–Crippen LogP) is 3.82. The fourth-order valence-electron chi connectivity index (χ4n) is 3.76. The van der Waals surface area contributed by atoms with Crippen molar-refractivity contribution in [1.29, 1.82) is 0 Å². The molecule has 0 spiro atoms. The summed E-state index contributed by atoms with van der Waals surface area (Å²) in [4.78, 5) is 0. The molecule has 0 radical (unpaired) electrons. The van der Waals surface area contributed by atoms with Crippen molar-refractivity contribution in [3.05, 3.63) is 23.3 Å². The third-order valence-corrected chi connectivity index (χ3v) is 4.94. The lowest BCUT2D eigenvalue weighted by Crippen LogP contribution is -2.11. The zero-order valence-corrected chi connectivity index (χ0v) is 14.0. The SMILES string of the molecule is CNc1cc(C2=NN(C)CC2)cc(OC)c1C1CCCCC1. The first-order chi connectivity index (χ1) is 10.7. The highest BCUT2D eigenvalue weighted by atomic mass is 16.5. The zero-order valence-electron chi connectivity index (χ0n) is 14.0. The second kappa shape index (κ2) is 6.59.